The topological polar surface area (TPSA) is 93.4 Å². The third-order valence-electron chi connectivity index (χ3n) is 2.69. The zero-order chi connectivity index (χ0) is 15.0. The number of nitrogens with one attached hydrogen (secondary N) is 1. The van der Waals surface area contributed by atoms with Crippen molar-refractivity contribution in [3.63, 3.8) is 0 Å². The molecule has 0 saturated carbocycles. The highest BCUT2D eigenvalue weighted by Crippen LogP contribution is 2.15. The van der Waals surface area contributed by atoms with E-state index in [0.717, 1.165) is 11.3 Å². The number of hydrogen-bond donors (Lipinski definition) is 2. The molecular weight excluding hydrogens is 258 g/mol. The summed E-state index contributed by atoms with van der Waals surface area (Å²) in [5.41, 5.74) is 1.87. The predicted molar refractivity (Wildman–Crippen MR) is 74.3 cm³/mol. The second kappa shape index (κ2) is 7.79. The molecule has 0 unspecified atom stereocenters. The van der Waals surface area contributed by atoms with Gasteiger partial charge in [0.1, 0.15) is 6.54 Å². The molecule has 0 aliphatic rings. The van der Waals surface area contributed by atoms with Gasteiger partial charge in [-0.1, -0.05) is 17.7 Å². The summed E-state index contributed by atoms with van der Waals surface area (Å²) in [7, 11) is 0. The van der Waals surface area contributed by atoms with E-state index >= 15 is 0 Å². The summed E-state index contributed by atoms with van der Waals surface area (Å²) in [6.07, 6.45) is -0.0561. The van der Waals surface area contributed by atoms with Crippen molar-refractivity contribution in [3.8, 4) is 6.07 Å². The summed E-state index contributed by atoms with van der Waals surface area (Å²) in [6, 6.07) is 9.31. The summed E-state index contributed by atoms with van der Waals surface area (Å²) in [5.74, 6) is -1.22. The number of anilines is 1. The Morgan fingerprint density at radius 1 is 1.35 bits per heavy atom. The molecule has 0 aliphatic heterocycles. The minimum atomic E-state index is -0.917. The summed E-state index contributed by atoms with van der Waals surface area (Å²) < 4.78 is 0. The molecule has 0 atom stereocenters. The van der Waals surface area contributed by atoms with E-state index < -0.39 is 5.97 Å². The van der Waals surface area contributed by atoms with E-state index in [1.807, 2.05) is 37.3 Å². The third kappa shape index (κ3) is 5.40. The second-order valence-electron chi connectivity index (χ2n) is 4.34. The first-order valence-electron chi connectivity index (χ1n) is 6.20. The van der Waals surface area contributed by atoms with Gasteiger partial charge in [-0.05, 0) is 19.1 Å². The number of carbonyl (C=O) groups is 2. The molecule has 0 fully saturated rings. The first-order valence-corrected chi connectivity index (χ1v) is 6.20. The van der Waals surface area contributed by atoms with Gasteiger partial charge in [0.2, 0.25) is 5.91 Å². The molecule has 20 heavy (non-hydrogen) atoms. The fourth-order valence-corrected chi connectivity index (χ4v) is 1.65. The van der Waals surface area contributed by atoms with Crippen LogP contribution in [0, 0.1) is 18.3 Å². The van der Waals surface area contributed by atoms with Crippen molar-refractivity contribution in [1.29, 1.82) is 5.26 Å². The van der Waals surface area contributed by atoms with Crippen molar-refractivity contribution in [3.05, 3.63) is 29.8 Å². The van der Waals surface area contributed by atoms with E-state index in [1.165, 1.54) is 0 Å². The molecule has 6 nitrogen and oxygen atoms in total. The Morgan fingerprint density at radius 3 is 2.55 bits per heavy atom. The van der Waals surface area contributed by atoms with E-state index in [2.05, 4.69) is 5.32 Å². The van der Waals surface area contributed by atoms with Crippen LogP contribution in [0.5, 0.6) is 0 Å². The minimum Gasteiger partial charge on any atom is -0.481 e. The molecule has 6 heteroatoms. The molecular formula is C14H17N3O3. The van der Waals surface area contributed by atoms with E-state index in [1.54, 1.807) is 4.90 Å². The highest BCUT2D eigenvalue weighted by atomic mass is 16.4. The standard InChI is InChI=1S/C14H17N3O3/c1-11-2-4-12(5-3-11)17(9-6-14(19)20)10-13(18)16-8-7-15/h2-5H,6,8-10H2,1H3,(H,16,18)(H,19,20). The van der Waals surface area contributed by atoms with Crippen LogP contribution >= 0.6 is 0 Å². The van der Waals surface area contributed by atoms with Gasteiger partial charge < -0.3 is 15.3 Å². The number of rotatable bonds is 7. The summed E-state index contributed by atoms with van der Waals surface area (Å²) in [4.78, 5) is 24.0. The normalized spacial score (nSPS) is 9.60. The van der Waals surface area contributed by atoms with Crippen LogP contribution in [0.4, 0.5) is 5.69 Å². The largest absolute Gasteiger partial charge is 0.481 e. The smallest absolute Gasteiger partial charge is 0.305 e. The lowest BCUT2D eigenvalue weighted by atomic mass is 10.2. The maximum absolute atomic E-state index is 11.6. The van der Waals surface area contributed by atoms with Crippen LogP contribution in [0.15, 0.2) is 24.3 Å². The van der Waals surface area contributed by atoms with E-state index in [9.17, 15) is 9.59 Å². The quantitative estimate of drug-likeness (QED) is 0.722. The SMILES string of the molecule is Cc1ccc(N(CCC(=O)O)CC(=O)NCC#N)cc1. The molecule has 0 aromatic heterocycles. The average molecular weight is 275 g/mol. The molecule has 106 valence electrons. The Hall–Kier alpha value is -2.55. The van der Waals surface area contributed by atoms with Crippen LogP contribution in [0.1, 0.15) is 12.0 Å². The van der Waals surface area contributed by atoms with Gasteiger partial charge in [-0.15, -0.1) is 0 Å². The molecule has 0 heterocycles. The van der Waals surface area contributed by atoms with E-state index in [-0.39, 0.29) is 32.0 Å². The Balaban J connectivity index is 2.74. The molecule has 0 radical (unpaired) electrons. The Morgan fingerprint density at radius 2 is 2.00 bits per heavy atom. The van der Waals surface area contributed by atoms with Gasteiger partial charge in [-0.2, -0.15) is 5.26 Å². The molecule has 0 spiro atoms. The third-order valence-corrected chi connectivity index (χ3v) is 2.69. The molecule has 1 aromatic carbocycles. The number of nitriles is 1. The summed E-state index contributed by atoms with van der Waals surface area (Å²) in [5, 5.41) is 19.6. The average Bonchev–Trinajstić information content (AvgIpc) is 2.42. The zero-order valence-corrected chi connectivity index (χ0v) is 11.3. The molecule has 2 N–H and O–H groups in total. The van der Waals surface area contributed by atoms with Crippen molar-refractivity contribution in [2.75, 3.05) is 24.5 Å². The molecule has 0 bridgehead atoms. The number of aliphatic carboxylic acids is 1. The lowest BCUT2D eigenvalue weighted by Crippen LogP contribution is -2.38. The van der Waals surface area contributed by atoms with Gasteiger partial charge in [-0.3, -0.25) is 9.59 Å². The van der Waals surface area contributed by atoms with Crippen LogP contribution in [0.2, 0.25) is 0 Å². The van der Waals surface area contributed by atoms with Crippen molar-refractivity contribution in [2.24, 2.45) is 0 Å². The molecule has 1 rings (SSSR count). The van der Waals surface area contributed by atoms with Gasteiger partial charge in [0.05, 0.1) is 19.0 Å². The molecule has 0 aliphatic carbocycles. The number of nitrogens with zero attached hydrogens (tertiary/aromatic N) is 2. The van der Waals surface area contributed by atoms with Gasteiger partial charge in [0, 0.05) is 12.2 Å². The highest BCUT2D eigenvalue weighted by molar-refractivity contribution is 5.81. The summed E-state index contributed by atoms with van der Waals surface area (Å²) in [6.45, 7) is 2.15. The number of hydrogen-bond acceptors (Lipinski definition) is 4. The maximum Gasteiger partial charge on any atom is 0.305 e. The Kier molecular flexibility index (Phi) is 6.04. The fourth-order valence-electron chi connectivity index (χ4n) is 1.65. The van der Waals surface area contributed by atoms with E-state index in [4.69, 9.17) is 10.4 Å². The number of carboxylic acid groups (broad SMARTS) is 1. The van der Waals surface area contributed by atoms with Gasteiger partial charge in [0.15, 0.2) is 0 Å². The fraction of sp³-hybridized carbons (Fsp3) is 0.357. The van der Waals surface area contributed by atoms with Crippen LogP contribution < -0.4 is 10.2 Å². The van der Waals surface area contributed by atoms with Gasteiger partial charge in [0.25, 0.3) is 0 Å². The maximum atomic E-state index is 11.6. The first-order chi connectivity index (χ1) is 9.52. The monoisotopic (exact) mass is 275 g/mol. The first kappa shape index (κ1) is 15.5. The van der Waals surface area contributed by atoms with Crippen LogP contribution in [0.25, 0.3) is 0 Å². The number of carbonyl (C=O) groups excluding carboxylic acids is 1. The predicted octanol–water partition coefficient (Wildman–Crippen LogP) is 0.916. The molecule has 1 aromatic rings. The number of benzene rings is 1. The van der Waals surface area contributed by atoms with Crippen LogP contribution in [0.3, 0.4) is 0 Å². The van der Waals surface area contributed by atoms with Crippen LogP contribution in [-0.4, -0.2) is 36.6 Å². The minimum absolute atomic E-state index is 0.0258. The zero-order valence-electron chi connectivity index (χ0n) is 11.3. The van der Waals surface area contributed by atoms with Gasteiger partial charge in [-0.25, -0.2) is 0 Å². The van der Waals surface area contributed by atoms with Crippen LogP contribution in [-0.2, 0) is 9.59 Å². The van der Waals surface area contributed by atoms with Crippen molar-refractivity contribution in [2.45, 2.75) is 13.3 Å². The lowest BCUT2D eigenvalue weighted by molar-refractivity contribution is -0.136. The van der Waals surface area contributed by atoms with Crippen molar-refractivity contribution >= 4 is 17.6 Å². The van der Waals surface area contributed by atoms with E-state index in [0.29, 0.717) is 0 Å². The lowest BCUT2D eigenvalue weighted by Gasteiger charge is -2.23. The van der Waals surface area contributed by atoms with Crippen molar-refractivity contribution in [1.82, 2.24) is 5.32 Å². The number of carboxylic acids is 1. The second-order valence-corrected chi connectivity index (χ2v) is 4.34. The van der Waals surface area contributed by atoms with Crippen molar-refractivity contribution < 1.29 is 14.7 Å². The highest BCUT2D eigenvalue weighted by Gasteiger charge is 2.12. The number of aryl methyl sites for hydroxylation is 1. The number of amides is 1. The Bertz CT molecular complexity index is 505. The molecule has 0 saturated heterocycles. The Labute approximate surface area is 117 Å². The van der Waals surface area contributed by atoms with Gasteiger partial charge >= 0.3 is 5.97 Å². The summed E-state index contributed by atoms with van der Waals surface area (Å²) >= 11 is 0. The molecule has 1 amide bonds.